The molecule has 130 valence electrons. The second-order valence-electron chi connectivity index (χ2n) is 5.73. The lowest BCUT2D eigenvalue weighted by Crippen LogP contribution is -2.39. The number of rotatable bonds is 6. The number of halogens is 1. The van der Waals surface area contributed by atoms with Crippen LogP contribution in [-0.4, -0.2) is 51.7 Å². The molecule has 0 atom stereocenters. The molecule has 6 heteroatoms. The zero-order valence-electron chi connectivity index (χ0n) is 14.1. The van der Waals surface area contributed by atoms with E-state index in [1.54, 1.807) is 32.4 Å². The standard InChI is InChI=1S/C17H26N2O3.ClH/c1-18-7-4-13-5-8-19(9-6-13)17(20)14-10-15(21-2)12-16(11-14)22-3;/h10-13,18H,4-9H2,1-3H3;1H. The summed E-state index contributed by atoms with van der Waals surface area (Å²) < 4.78 is 10.5. The van der Waals surface area contributed by atoms with Crippen LogP contribution < -0.4 is 14.8 Å². The van der Waals surface area contributed by atoms with Crippen molar-refractivity contribution in [2.24, 2.45) is 5.92 Å². The van der Waals surface area contributed by atoms with Crippen molar-refractivity contribution in [2.75, 3.05) is 40.9 Å². The molecule has 1 aromatic carbocycles. The fourth-order valence-electron chi connectivity index (χ4n) is 2.89. The van der Waals surface area contributed by atoms with Gasteiger partial charge < -0.3 is 19.7 Å². The summed E-state index contributed by atoms with van der Waals surface area (Å²) in [7, 11) is 5.17. The van der Waals surface area contributed by atoms with Crippen molar-refractivity contribution in [1.29, 1.82) is 0 Å². The summed E-state index contributed by atoms with van der Waals surface area (Å²) in [5.41, 5.74) is 0.630. The van der Waals surface area contributed by atoms with Crippen LogP contribution in [0.5, 0.6) is 11.5 Å². The number of hydrogen-bond donors (Lipinski definition) is 1. The summed E-state index contributed by atoms with van der Waals surface area (Å²) in [4.78, 5) is 14.6. The van der Waals surface area contributed by atoms with Gasteiger partial charge in [-0.3, -0.25) is 4.79 Å². The second-order valence-corrected chi connectivity index (χ2v) is 5.73. The van der Waals surface area contributed by atoms with E-state index in [9.17, 15) is 4.79 Å². The lowest BCUT2D eigenvalue weighted by atomic mass is 9.93. The number of likely N-dealkylation sites (tertiary alicyclic amines) is 1. The first kappa shape index (κ1) is 19.6. The molecule has 0 spiro atoms. The van der Waals surface area contributed by atoms with Crippen LogP contribution in [0, 0.1) is 5.92 Å². The minimum Gasteiger partial charge on any atom is -0.497 e. The quantitative estimate of drug-likeness (QED) is 0.863. The van der Waals surface area contributed by atoms with E-state index < -0.39 is 0 Å². The monoisotopic (exact) mass is 342 g/mol. The molecule has 0 bridgehead atoms. The van der Waals surface area contributed by atoms with Gasteiger partial charge in [-0.25, -0.2) is 0 Å². The summed E-state index contributed by atoms with van der Waals surface area (Å²) >= 11 is 0. The first-order valence-corrected chi connectivity index (χ1v) is 7.85. The van der Waals surface area contributed by atoms with E-state index in [1.165, 1.54) is 6.42 Å². The Morgan fingerprint density at radius 1 is 1.17 bits per heavy atom. The van der Waals surface area contributed by atoms with Crippen molar-refractivity contribution in [3.05, 3.63) is 23.8 Å². The van der Waals surface area contributed by atoms with Crippen molar-refractivity contribution in [2.45, 2.75) is 19.3 Å². The zero-order chi connectivity index (χ0) is 15.9. The average Bonchev–Trinajstić information content (AvgIpc) is 2.59. The SMILES string of the molecule is CNCCC1CCN(C(=O)c2cc(OC)cc(OC)c2)CC1.Cl. The van der Waals surface area contributed by atoms with Gasteiger partial charge in [0.1, 0.15) is 11.5 Å². The third-order valence-corrected chi connectivity index (χ3v) is 4.30. The van der Waals surface area contributed by atoms with Crippen LogP contribution in [0.1, 0.15) is 29.6 Å². The Morgan fingerprint density at radius 3 is 2.22 bits per heavy atom. The van der Waals surface area contributed by atoms with E-state index in [-0.39, 0.29) is 18.3 Å². The Morgan fingerprint density at radius 2 is 1.74 bits per heavy atom. The number of amides is 1. The van der Waals surface area contributed by atoms with E-state index in [0.29, 0.717) is 17.1 Å². The molecule has 0 unspecified atom stereocenters. The molecule has 5 nitrogen and oxygen atoms in total. The number of methoxy groups -OCH3 is 2. The van der Waals surface area contributed by atoms with Crippen LogP contribution in [0.3, 0.4) is 0 Å². The topological polar surface area (TPSA) is 50.8 Å². The molecule has 1 aromatic rings. The Labute approximate surface area is 144 Å². The molecular weight excluding hydrogens is 316 g/mol. The maximum absolute atomic E-state index is 12.7. The van der Waals surface area contributed by atoms with Gasteiger partial charge in [0.2, 0.25) is 0 Å². The van der Waals surface area contributed by atoms with Crippen LogP contribution >= 0.6 is 12.4 Å². The summed E-state index contributed by atoms with van der Waals surface area (Å²) in [6, 6.07) is 5.33. The molecule has 1 amide bonds. The molecule has 1 aliphatic rings. The molecular formula is C17H27ClN2O3. The molecule has 0 radical (unpaired) electrons. The number of benzene rings is 1. The average molecular weight is 343 g/mol. The molecule has 1 aliphatic heterocycles. The minimum absolute atomic E-state index is 0. The molecule has 23 heavy (non-hydrogen) atoms. The van der Waals surface area contributed by atoms with Crippen LogP contribution in [0.15, 0.2) is 18.2 Å². The lowest BCUT2D eigenvalue weighted by molar-refractivity contribution is 0.0686. The predicted octanol–water partition coefficient (Wildman–Crippen LogP) is 2.59. The van der Waals surface area contributed by atoms with Crippen LogP contribution in [0.2, 0.25) is 0 Å². The van der Waals surface area contributed by atoms with Crippen LogP contribution in [0.25, 0.3) is 0 Å². The highest BCUT2D eigenvalue weighted by molar-refractivity contribution is 5.95. The number of ether oxygens (including phenoxy) is 2. The molecule has 0 saturated carbocycles. The predicted molar refractivity (Wildman–Crippen MR) is 94.0 cm³/mol. The van der Waals surface area contributed by atoms with E-state index in [0.717, 1.165) is 38.4 Å². The van der Waals surface area contributed by atoms with Crippen LogP contribution in [0.4, 0.5) is 0 Å². The fourth-order valence-corrected chi connectivity index (χ4v) is 2.89. The van der Waals surface area contributed by atoms with Gasteiger partial charge in [-0.2, -0.15) is 0 Å². The van der Waals surface area contributed by atoms with Crippen molar-refractivity contribution in [3.63, 3.8) is 0 Å². The highest BCUT2D eigenvalue weighted by Gasteiger charge is 2.24. The maximum atomic E-state index is 12.7. The fraction of sp³-hybridized carbons (Fsp3) is 0.588. The number of hydrogen-bond acceptors (Lipinski definition) is 4. The number of carbonyl (C=O) groups excluding carboxylic acids is 1. The van der Waals surface area contributed by atoms with E-state index in [1.807, 2.05) is 11.9 Å². The third-order valence-electron chi connectivity index (χ3n) is 4.30. The Kier molecular flexibility index (Phi) is 8.20. The molecule has 1 N–H and O–H groups in total. The largest absolute Gasteiger partial charge is 0.497 e. The number of carbonyl (C=O) groups is 1. The van der Waals surface area contributed by atoms with Gasteiger partial charge in [0.25, 0.3) is 5.91 Å². The van der Waals surface area contributed by atoms with Crippen molar-refractivity contribution in [1.82, 2.24) is 10.2 Å². The van der Waals surface area contributed by atoms with Gasteiger partial charge in [0, 0.05) is 24.7 Å². The first-order valence-electron chi connectivity index (χ1n) is 7.85. The van der Waals surface area contributed by atoms with E-state index in [4.69, 9.17) is 9.47 Å². The minimum atomic E-state index is 0. The number of nitrogens with zero attached hydrogens (tertiary/aromatic N) is 1. The number of nitrogens with one attached hydrogen (secondary N) is 1. The van der Waals surface area contributed by atoms with Crippen LogP contribution in [-0.2, 0) is 0 Å². The molecule has 1 heterocycles. The van der Waals surface area contributed by atoms with Crippen molar-refractivity contribution in [3.8, 4) is 11.5 Å². The normalized spacial score (nSPS) is 15.0. The second kappa shape index (κ2) is 9.63. The molecule has 2 rings (SSSR count). The summed E-state index contributed by atoms with van der Waals surface area (Å²) in [6.45, 7) is 2.70. The highest BCUT2D eigenvalue weighted by atomic mass is 35.5. The highest BCUT2D eigenvalue weighted by Crippen LogP contribution is 2.26. The van der Waals surface area contributed by atoms with Gasteiger partial charge in [0.15, 0.2) is 0 Å². The Balaban J connectivity index is 0.00000264. The third kappa shape index (κ3) is 5.29. The summed E-state index contributed by atoms with van der Waals surface area (Å²) in [5, 5.41) is 3.19. The molecule has 1 fully saturated rings. The first-order chi connectivity index (χ1) is 10.7. The smallest absolute Gasteiger partial charge is 0.254 e. The van der Waals surface area contributed by atoms with Crippen molar-refractivity contribution < 1.29 is 14.3 Å². The van der Waals surface area contributed by atoms with Gasteiger partial charge >= 0.3 is 0 Å². The Hall–Kier alpha value is -1.46. The Bertz CT molecular complexity index is 480. The lowest BCUT2D eigenvalue weighted by Gasteiger charge is -2.32. The van der Waals surface area contributed by atoms with E-state index >= 15 is 0 Å². The molecule has 0 aliphatic carbocycles. The van der Waals surface area contributed by atoms with Gasteiger partial charge in [-0.05, 0) is 50.9 Å². The van der Waals surface area contributed by atoms with E-state index in [2.05, 4.69) is 5.32 Å². The summed E-state index contributed by atoms with van der Waals surface area (Å²) in [6.07, 6.45) is 3.34. The maximum Gasteiger partial charge on any atom is 0.254 e. The number of piperidine rings is 1. The van der Waals surface area contributed by atoms with Gasteiger partial charge in [-0.1, -0.05) is 0 Å². The molecule has 0 aromatic heterocycles. The molecule has 1 saturated heterocycles. The van der Waals surface area contributed by atoms with Crippen molar-refractivity contribution >= 4 is 18.3 Å². The summed E-state index contributed by atoms with van der Waals surface area (Å²) in [5.74, 6) is 2.07. The zero-order valence-corrected chi connectivity index (χ0v) is 14.9. The van der Waals surface area contributed by atoms with Gasteiger partial charge in [-0.15, -0.1) is 12.4 Å². The van der Waals surface area contributed by atoms with Gasteiger partial charge in [0.05, 0.1) is 14.2 Å².